The molecule has 0 atom stereocenters. The van der Waals surface area contributed by atoms with Crippen molar-refractivity contribution in [2.75, 3.05) is 13.1 Å². The third-order valence-electron chi connectivity index (χ3n) is 8.04. The lowest BCUT2D eigenvalue weighted by molar-refractivity contribution is 0.0894. The van der Waals surface area contributed by atoms with E-state index < -0.39 is 0 Å². The summed E-state index contributed by atoms with van der Waals surface area (Å²) >= 11 is 5.04. The molecule has 1 saturated heterocycles. The number of nitrogens with zero attached hydrogens (tertiary/aromatic N) is 2. The Morgan fingerprint density at radius 2 is 1.71 bits per heavy atom. The number of nitrogens with two attached hydrogens (primary N) is 1. The van der Waals surface area contributed by atoms with Crippen LogP contribution in [-0.2, 0) is 6.42 Å². The summed E-state index contributed by atoms with van der Waals surface area (Å²) < 4.78 is 2.60. The molecule has 1 aliphatic carbocycles. The number of likely N-dealkylation sites (tertiary alicyclic amines) is 1. The first-order valence-corrected chi connectivity index (χ1v) is 13.0. The smallest absolute Gasteiger partial charge is 0.0727 e. The van der Waals surface area contributed by atoms with Crippen LogP contribution in [-0.4, -0.2) is 33.6 Å². The van der Waals surface area contributed by atoms with Crippen LogP contribution in [0.25, 0.3) is 10.9 Å². The second kappa shape index (κ2) is 10.5. The van der Waals surface area contributed by atoms with Crippen LogP contribution in [0.5, 0.6) is 0 Å². The molecule has 0 amide bonds. The molecule has 2 fully saturated rings. The van der Waals surface area contributed by atoms with Crippen molar-refractivity contribution in [1.82, 2.24) is 9.47 Å². The Balaban J connectivity index is 1.37. The second-order valence-electron chi connectivity index (χ2n) is 10.3. The van der Waals surface area contributed by atoms with Crippen molar-refractivity contribution in [3.63, 3.8) is 0 Å². The Morgan fingerprint density at radius 3 is 2.39 bits per heavy atom. The molecule has 170 valence electrons. The van der Waals surface area contributed by atoms with E-state index in [2.05, 4.69) is 53.8 Å². The van der Waals surface area contributed by atoms with Gasteiger partial charge in [0.2, 0.25) is 0 Å². The van der Waals surface area contributed by atoms with Crippen molar-refractivity contribution in [1.29, 1.82) is 0 Å². The molecule has 1 aliphatic heterocycles. The van der Waals surface area contributed by atoms with Gasteiger partial charge in [-0.3, -0.25) is 0 Å². The minimum absolute atomic E-state index is 0.638. The molecule has 0 spiro atoms. The highest BCUT2D eigenvalue weighted by atomic mass is 32.1. The van der Waals surface area contributed by atoms with Gasteiger partial charge in [0.1, 0.15) is 0 Å². The van der Waals surface area contributed by atoms with Gasteiger partial charge < -0.3 is 15.2 Å². The Kier molecular flexibility index (Phi) is 7.71. The van der Waals surface area contributed by atoms with Gasteiger partial charge >= 0.3 is 0 Å². The number of aromatic nitrogens is 1. The number of hydrogen-bond donors (Lipinski definition) is 1. The van der Waals surface area contributed by atoms with Gasteiger partial charge in [0.25, 0.3) is 0 Å². The second-order valence-corrected chi connectivity index (χ2v) is 10.9. The van der Waals surface area contributed by atoms with Crippen LogP contribution in [0.4, 0.5) is 0 Å². The standard InChI is InChI=1S/C27H41N3S/c1-20(2)21-11-13-23(14-12-21)29-17-15-24(16-18-29)30-19-22(7-3-6-10-27(28)31)25-8-4-5-9-26(25)30/h4-5,8-9,19-21,23-24H,3,6-7,10-18H2,1-2H3,(H2,28,31). The van der Waals surface area contributed by atoms with Crippen molar-refractivity contribution in [2.24, 2.45) is 17.6 Å². The summed E-state index contributed by atoms with van der Waals surface area (Å²) in [5.41, 5.74) is 8.59. The molecule has 1 aromatic heterocycles. The Bertz CT molecular complexity index is 854. The van der Waals surface area contributed by atoms with Crippen LogP contribution >= 0.6 is 12.2 Å². The number of fused-ring (bicyclic) bond motifs is 1. The first-order chi connectivity index (χ1) is 15.0. The molecule has 2 aromatic rings. The summed E-state index contributed by atoms with van der Waals surface area (Å²) in [6.45, 7) is 7.33. The van der Waals surface area contributed by atoms with Gasteiger partial charge in [0.15, 0.2) is 0 Å². The molecular formula is C27H41N3S. The monoisotopic (exact) mass is 439 g/mol. The van der Waals surface area contributed by atoms with Gasteiger partial charge in [-0.15, -0.1) is 0 Å². The van der Waals surface area contributed by atoms with E-state index >= 15 is 0 Å². The van der Waals surface area contributed by atoms with Crippen molar-refractivity contribution >= 4 is 28.1 Å². The molecule has 2 aliphatic rings. The predicted molar refractivity (Wildman–Crippen MR) is 137 cm³/mol. The number of para-hydroxylation sites is 1. The molecule has 2 heterocycles. The number of rotatable bonds is 8. The highest BCUT2D eigenvalue weighted by Gasteiger charge is 2.30. The maximum absolute atomic E-state index is 5.67. The van der Waals surface area contributed by atoms with Crippen LogP contribution in [0.2, 0.25) is 0 Å². The quantitative estimate of drug-likeness (QED) is 0.377. The van der Waals surface area contributed by atoms with E-state index in [-0.39, 0.29) is 0 Å². The van der Waals surface area contributed by atoms with Crippen molar-refractivity contribution in [2.45, 2.75) is 90.1 Å². The minimum Gasteiger partial charge on any atom is -0.393 e. The summed E-state index contributed by atoms with van der Waals surface area (Å²) in [4.78, 5) is 3.46. The fourth-order valence-electron chi connectivity index (χ4n) is 6.06. The maximum atomic E-state index is 5.67. The third kappa shape index (κ3) is 5.51. The van der Waals surface area contributed by atoms with E-state index in [0.717, 1.165) is 43.6 Å². The van der Waals surface area contributed by atoms with E-state index in [4.69, 9.17) is 18.0 Å². The minimum atomic E-state index is 0.638. The summed E-state index contributed by atoms with van der Waals surface area (Å²) in [6.07, 6.45) is 14.9. The lowest BCUT2D eigenvalue weighted by atomic mass is 9.79. The molecular weight excluding hydrogens is 398 g/mol. The number of thiocarbonyl (C=S) groups is 1. The van der Waals surface area contributed by atoms with Crippen molar-refractivity contribution in [3.8, 4) is 0 Å². The topological polar surface area (TPSA) is 34.2 Å². The van der Waals surface area contributed by atoms with Gasteiger partial charge in [0.05, 0.1) is 4.99 Å². The number of piperidine rings is 1. The fourth-order valence-corrected chi connectivity index (χ4v) is 6.20. The third-order valence-corrected chi connectivity index (χ3v) is 8.24. The molecule has 1 aromatic carbocycles. The normalized spacial score (nSPS) is 23.6. The molecule has 1 saturated carbocycles. The average Bonchev–Trinajstić information content (AvgIpc) is 3.15. The molecule has 0 bridgehead atoms. The van der Waals surface area contributed by atoms with Gasteiger partial charge in [-0.1, -0.05) is 44.3 Å². The molecule has 4 rings (SSSR count). The van der Waals surface area contributed by atoms with Crippen LogP contribution in [0.3, 0.4) is 0 Å². The van der Waals surface area contributed by atoms with Crippen molar-refractivity contribution in [3.05, 3.63) is 36.0 Å². The van der Waals surface area contributed by atoms with E-state index in [1.54, 1.807) is 0 Å². The zero-order valence-corrected chi connectivity index (χ0v) is 20.4. The summed E-state index contributed by atoms with van der Waals surface area (Å²) in [6, 6.07) is 10.5. The lowest BCUT2D eigenvalue weighted by Crippen LogP contribution is -2.43. The molecule has 0 radical (unpaired) electrons. The van der Waals surface area contributed by atoms with Gasteiger partial charge in [-0.05, 0) is 87.7 Å². The molecule has 4 heteroatoms. The number of hydrogen-bond acceptors (Lipinski definition) is 2. The molecule has 3 nitrogen and oxygen atoms in total. The van der Waals surface area contributed by atoms with Crippen LogP contribution in [0.1, 0.15) is 83.2 Å². The van der Waals surface area contributed by atoms with E-state index in [1.807, 2.05) is 0 Å². The van der Waals surface area contributed by atoms with Crippen LogP contribution < -0.4 is 5.73 Å². The van der Waals surface area contributed by atoms with Gasteiger partial charge in [0, 0.05) is 42.3 Å². The SMILES string of the molecule is CC(C)C1CCC(N2CCC(n3cc(CCCCC(N)=S)c4ccccc43)CC2)CC1. The maximum Gasteiger partial charge on any atom is 0.0727 e. The van der Waals surface area contributed by atoms with Crippen molar-refractivity contribution < 1.29 is 0 Å². The number of aryl methyl sites for hydroxylation is 1. The number of unbranched alkanes of at least 4 members (excludes halogenated alkanes) is 1. The highest BCUT2D eigenvalue weighted by molar-refractivity contribution is 7.80. The lowest BCUT2D eigenvalue weighted by Gasteiger charge is -2.42. The van der Waals surface area contributed by atoms with Crippen LogP contribution in [0, 0.1) is 11.8 Å². The van der Waals surface area contributed by atoms with E-state index in [0.29, 0.717) is 11.0 Å². The van der Waals surface area contributed by atoms with Crippen LogP contribution in [0.15, 0.2) is 30.5 Å². The number of benzene rings is 1. The van der Waals surface area contributed by atoms with Gasteiger partial charge in [-0.25, -0.2) is 0 Å². The summed E-state index contributed by atoms with van der Waals surface area (Å²) in [7, 11) is 0. The summed E-state index contributed by atoms with van der Waals surface area (Å²) in [5, 5.41) is 1.44. The van der Waals surface area contributed by atoms with E-state index in [1.165, 1.54) is 68.1 Å². The Morgan fingerprint density at radius 1 is 1.00 bits per heavy atom. The molecule has 2 N–H and O–H groups in total. The first-order valence-electron chi connectivity index (χ1n) is 12.6. The molecule has 31 heavy (non-hydrogen) atoms. The van der Waals surface area contributed by atoms with Gasteiger partial charge in [-0.2, -0.15) is 0 Å². The largest absolute Gasteiger partial charge is 0.393 e. The Labute approximate surface area is 194 Å². The highest BCUT2D eigenvalue weighted by Crippen LogP contribution is 2.36. The van der Waals surface area contributed by atoms with E-state index in [9.17, 15) is 0 Å². The fraction of sp³-hybridized carbons (Fsp3) is 0.667. The average molecular weight is 440 g/mol. The first kappa shape index (κ1) is 22.8. The predicted octanol–water partition coefficient (Wildman–Crippen LogP) is 6.49. The zero-order chi connectivity index (χ0) is 21.8. The summed E-state index contributed by atoms with van der Waals surface area (Å²) in [5.74, 6) is 1.81. The Hall–Kier alpha value is -1.39. The molecule has 0 unspecified atom stereocenters. The zero-order valence-electron chi connectivity index (χ0n) is 19.6.